The van der Waals surface area contributed by atoms with Crippen LogP contribution < -0.4 is 10.1 Å². The molecular weight excluding hydrogens is 309 g/mol. The van der Waals surface area contributed by atoms with E-state index >= 15 is 0 Å². The molecule has 1 rings (SSSR count). The first-order chi connectivity index (χ1) is 9.19. The molecule has 110 valence electrons. The van der Waals surface area contributed by atoms with Gasteiger partial charge in [0.05, 0.1) is 29.3 Å². The molecule has 0 heterocycles. The zero-order chi connectivity index (χ0) is 15.5. The minimum Gasteiger partial charge on any atom is -0.496 e. The Kier molecular flexibility index (Phi) is 5.21. The highest BCUT2D eigenvalue weighted by Crippen LogP contribution is 2.30. The SMILES string of the molecule is COc1cc(Cl)c(Cl)cc1C(=O)NCC(C)(O)C(=O)O. The minimum absolute atomic E-state index is 0.0862. The van der Waals surface area contributed by atoms with Gasteiger partial charge in [0.15, 0.2) is 5.60 Å². The van der Waals surface area contributed by atoms with Gasteiger partial charge >= 0.3 is 5.97 Å². The number of hydrogen-bond donors (Lipinski definition) is 3. The van der Waals surface area contributed by atoms with Crippen molar-refractivity contribution in [2.75, 3.05) is 13.7 Å². The molecule has 8 heteroatoms. The zero-order valence-electron chi connectivity index (χ0n) is 10.7. The summed E-state index contributed by atoms with van der Waals surface area (Å²) in [6.45, 7) is 0.603. The second kappa shape index (κ2) is 6.30. The fourth-order valence-corrected chi connectivity index (χ4v) is 1.62. The summed E-state index contributed by atoms with van der Waals surface area (Å²) < 4.78 is 5.00. The van der Waals surface area contributed by atoms with Crippen molar-refractivity contribution in [1.29, 1.82) is 0 Å². The molecule has 1 unspecified atom stereocenters. The molecule has 0 aliphatic rings. The number of ether oxygens (including phenoxy) is 1. The lowest BCUT2D eigenvalue weighted by molar-refractivity contribution is -0.155. The Labute approximate surface area is 125 Å². The summed E-state index contributed by atoms with van der Waals surface area (Å²) in [5.74, 6) is -1.90. The molecule has 1 atom stereocenters. The average molecular weight is 322 g/mol. The molecule has 0 aromatic heterocycles. The molecule has 6 nitrogen and oxygen atoms in total. The normalized spacial score (nSPS) is 13.4. The van der Waals surface area contributed by atoms with Crippen LogP contribution in [-0.4, -0.2) is 41.3 Å². The summed E-state index contributed by atoms with van der Waals surface area (Å²) in [5, 5.41) is 20.9. The maximum atomic E-state index is 12.0. The van der Waals surface area contributed by atoms with Crippen molar-refractivity contribution in [3.05, 3.63) is 27.7 Å². The molecule has 0 saturated heterocycles. The number of carbonyl (C=O) groups excluding carboxylic acids is 1. The highest BCUT2D eigenvalue weighted by molar-refractivity contribution is 6.42. The van der Waals surface area contributed by atoms with Crippen LogP contribution in [0.1, 0.15) is 17.3 Å². The van der Waals surface area contributed by atoms with Crippen molar-refractivity contribution in [3.63, 3.8) is 0 Å². The van der Waals surface area contributed by atoms with E-state index in [1.165, 1.54) is 19.2 Å². The fourth-order valence-electron chi connectivity index (χ4n) is 1.30. The fraction of sp³-hybridized carbons (Fsp3) is 0.333. The van der Waals surface area contributed by atoms with Crippen molar-refractivity contribution in [1.82, 2.24) is 5.32 Å². The monoisotopic (exact) mass is 321 g/mol. The molecule has 0 fully saturated rings. The van der Waals surface area contributed by atoms with Crippen LogP contribution in [0.15, 0.2) is 12.1 Å². The van der Waals surface area contributed by atoms with Gasteiger partial charge in [-0.05, 0) is 13.0 Å². The number of carboxylic acids is 1. The molecule has 1 amide bonds. The lowest BCUT2D eigenvalue weighted by Crippen LogP contribution is -2.46. The van der Waals surface area contributed by atoms with E-state index in [0.29, 0.717) is 0 Å². The maximum Gasteiger partial charge on any atom is 0.337 e. The summed E-state index contributed by atoms with van der Waals surface area (Å²) in [7, 11) is 1.35. The smallest absolute Gasteiger partial charge is 0.337 e. The molecular formula is C12H13Cl2NO5. The van der Waals surface area contributed by atoms with Gasteiger partial charge in [-0.25, -0.2) is 4.79 Å². The van der Waals surface area contributed by atoms with Crippen LogP contribution in [0, 0.1) is 0 Å². The second-order valence-corrected chi connectivity index (χ2v) is 5.04. The summed E-state index contributed by atoms with van der Waals surface area (Å²) in [6.07, 6.45) is 0. The van der Waals surface area contributed by atoms with Gasteiger partial charge in [-0.3, -0.25) is 4.79 Å². The Hall–Kier alpha value is -1.50. The van der Waals surface area contributed by atoms with E-state index in [0.717, 1.165) is 6.92 Å². The predicted molar refractivity (Wildman–Crippen MR) is 73.6 cm³/mol. The van der Waals surface area contributed by atoms with Crippen LogP contribution in [0.2, 0.25) is 10.0 Å². The molecule has 0 spiro atoms. The molecule has 20 heavy (non-hydrogen) atoms. The molecule has 1 aromatic carbocycles. The largest absolute Gasteiger partial charge is 0.496 e. The van der Waals surface area contributed by atoms with E-state index in [9.17, 15) is 14.7 Å². The van der Waals surface area contributed by atoms with Gasteiger partial charge in [0.25, 0.3) is 5.91 Å². The van der Waals surface area contributed by atoms with Crippen LogP contribution in [0.25, 0.3) is 0 Å². The summed E-state index contributed by atoms with van der Waals surface area (Å²) in [6, 6.07) is 2.67. The van der Waals surface area contributed by atoms with Crippen LogP contribution in [0.4, 0.5) is 0 Å². The van der Waals surface area contributed by atoms with E-state index in [1.54, 1.807) is 0 Å². The summed E-state index contributed by atoms with van der Waals surface area (Å²) in [5.41, 5.74) is -1.98. The van der Waals surface area contributed by atoms with Gasteiger partial charge in [-0.1, -0.05) is 23.2 Å². The van der Waals surface area contributed by atoms with E-state index in [4.69, 9.17) is 33.0 Å². The van der Waals surface area contributed by atoms with Crippen molar-refractivity contribution < 1.29 is 24.5 Å². The first kappa shape index (κ1) is 16.6. The van der Waals surface area contributed by atoms with Gasteiger partial charge in [0, 0.05) is 6.07 Å². The van der Waals surface area contributed by atoms with Crippen molar-refractivity contribution in [2.45, 2.75) is 12.5 Å². The number of aliphatic hydroxyl groups is 1. The first-order valence-corrected chi connectivity index (χ1v) is 6.21. The predicted octanol–water partition coefficient (Wildman–Crippen LogP) is 1.57. The Morgan fingerprint density at radius 3 is 2.40 bits per heavy atom. The Morgan fingerprint density at radius 1 is 1.35 bits per heavy atom. The number of aliphatic carboxylic acids is 1. The minimum atomic E-state index is -2.07. The summed E-state index contributed by atoms with van der Waals surface area (Å²) >= 11 is 11.6. The number of hydrogen-bond acceptors (Lipinski definition) is 4. The van der Waals surface area contributed by atoms with Gasteiger partial charge in [-0.15, -0.1) is 0 Å². The Morgan fingerprint density at radius 2 is 1.90 bits per heavy atom. The highest BCUT2D eigenvalue weighted by Gasteiger charge is 2.30. The first-order valence-electron chi connectivity index (χ1n) is 5.46. The topological polar surface area (TPSA) is 95.9 Å². The zero-order valence-corrected chi connectivity index (χ0v) is 12.2. The number of methoxy groups -OCH3 is 1. The van der Waals surface area contributed by atoms with Gasteiger partial charge in [0.2, 0.25) is 0 Å². The second-order valence-electron chi connectivity index (χ2n) is 4.23. The number of carbonyl (C=O) groups is 2. The number of nitrogens with one attached hydrogen (secondary N) is 1. The lowest BCUT2D eigenvalue weighted by atomic mass is 10.1. The molecule has 3 N–H and O–H groups in total. The van der Waals surface area contributed by atoms with E-state index < -0.39 is 24.0 Å². The third kappa shape index (κ3) is 3.75. The Bertz CT molecular complexity index is 545. The average Bonchev–Trinajstić information content (AvgIpc) is 2.38. The van der Waals surface area contributed by atoms with Crippen LogP contribution in [0.3, 0.4) is 0 Å². The number of amides is 1. The number of benzene rings is 1. The molecule has 0 radical (unpaired) electrons. The molecule has 0 aliphatic heterocycles. The lowest BCUT2D eigenvalue weighted by Gasteiger charge is -2.19. The van der Waals surface area contributed by atoms with Crippen molar-refractivity contribution in [2.24, 2.45) is 0 Å². The van der Waals surface area contributed by atoms with Gasteiger partial charge in [-0.2, -0.15) is 0 Å². The number of carboxylic acid groups (broad SMARTS) is 1. The van der Waals surface area contributed by atoms with E-state index in [-0.39, 0.29) is 21.4 Å². The molecule has 0 aliphatic carbocycles. The van der Waals surface area contributed by atoms with Crippen LogP contribution >= 0.6 is 23.2 Å². The molecule has 1 aromatic rings. The molecule has 0 bridgehead atoms. The van der Waals surface area contributed by atoms with Crippen LogP contribution in [-0.2, 0) is 4.79 Å². The number of rotatable bonds is 5. The quantitative estimate of drug-likeness (QED) is 0.765. The van der Waals surface area contributed by atoms with E-state index in [2.05, 4.69) is 5.32 Å². The third-order valence-electron chi connectivity index (χ3n) is 2.54. The van der Waals surface area contributed by atoms with Crippen LogP contribution in [0.5, 0.6) is 5.75 Å². The van der Waals surface area contributed by atoms with Crippen molar-refractivity contribution in [3.8, 4) is 5.75 Å². The van der Waals surface area contributed by atoms with E-state index in [1.807, 2.05) is 0 Å². The third-order valence-corrected chi connectivity index (χ3v) is 3.26. The standard InChI is InChI=1S/C12H13Cl2NO5/c1-12(19,11(17)18)5-15-10(16)6-3-7(13)8(14)4-9(6)20-2/h3-4,19H,5H2,1-2H3,(H,15,16)(H,17,18). The maximum absolute atomic E-state index is 12.0. The highest BCUT2D eigenvalue weighted by atomic mass is 35.5. The summed E-state index contributed by atoms with van der Waals surface area (Å²) in [4.78, 5) is 22.7. The van der Waals surface area contributed by atoms with Gasteiger partial charge < -0.3 is 20.3 Å². The molecule has 0 saturated carbocycles. The number of halogens is 2. The van der Waals surface area contributed by atoms with Gasteiger partial charge in [0.1, 0.15) is 5.75 Å². The Balaban J connectivity index is 2.93. The van der Waals surface area contributed by atoms with Crippen molar-refractivity contribution >= 4 is 35.1 Å².